The fraction of sp³-hybridized carbons (Fsp3) is 0.571. The van der Waals surface area contributed by atoms with Crippen molar-refractivity contribution in [2.75, 3.05) is 19.7 Å². The Labute approximate surface area is 127 Å². The molecule has 1 aromatic rings. The van der Waals surface area contributed by atoms with Crippen LogP contribution in [-0.4, -0.2) is 35.6 Å². The van der Waals surface area contributed by atoms with Gasteiger partial charge in [-0.2, -0.15) is 0 Å². The van der Waals surface area contributed by atoms with Crippen LogP contribution in [0.4, 0.5) is 5.69 Å². The standard InChI is InChI=1S/C14H19BrN2O3/c1-2-16(10-12-6-4-8-20-12)9-11-5-3-7-13(14(11)15)17(18)19/h3,5,7,12H,2,4,6,8-10H2,1H3. The van der Waals surface area contributed by atoms with Gasteiger partial charge in [-0.15, -0.1) is 0 Å². The van der Waals surface area contributed by atoms with E-state index in [4.69, 9.17) is 4.74 Å². The highest BCUT2D eigenvalue weighted by molar-refractivity contribution is 9.10. The molecule has 5 nitrogen and oxygen atoms in total. The van der Waals surface area contributed by atoms with E-state index in [1.165, 1.54) is 6.07 Å². The van der Waals surface area contributed by atoms with Crippen molar-refractivity contribution in [1.82, 2.24) is 4.90 Å². The molecule has 1 heterocycles. The Morgan fingerprint density at radius 1 is 1.55 bits per heavy atom. The summed E-state index contributed by atoms with van der Waals surface area (Å²) in [6, 6.07) is 5.18. The highest BCUT2D eigenvalue weighted by atomic mass is 79.9. The summed E-state index contributed by atoms with van der Waals surface area (Å²) < 4.78 is 6.23. The molecule has 0 amide bonds. The number of nitro groups is 1. The van der Waals surface area contributed by atoms with E-state index in [0.717, 1.165) is 38.1 Å². The molecule has 1 saturated heterocycles. The molecule has 1 unspecified atom stereocenters. The van der Waals surface area contributed by atoms with Gasteiger partial charge in [-0.25, -0.2) is 0 Å². The zero-order valence-corrected chi connectivity index (χ0v) is 13.1. The number of hydrogen-bond acceptors (Lipinski definition) is 4. The molecule has 0 radical (unpaired) electrons. The Hall–Kier alpha value is -0.980. The lowest BCUT2D eigenvalue weighted by Crippen LogP contribution is -2.31. The van der Waals surface area contributed by atoms with Gasteiger partial charge in [0.25, 0.3) is 5.69 Å². The lowest BCUT2D eigenvalue weighted by Gasteiger charge is -2.24. The molecule has 0 aromatic heterocycles. The Morgan fingerprint density at radius 3 is 2.95 bits per heavy atom. The van der Waals surface area contributed by atoms with E-state index < -0.39 is 0 Å². The number of rotatable bonds is 6. The van der Waals surface area contributed by atoms with Crippen molar-refractivity contribution in [2.24, 2.45) is 0 Å². The fourth-order valence-electron chi connectivity index (χ4n) is 2.45. The molecule has 0 aliphatic carbocycles. The largest absolute Gasteiger partial charge is 0.377 e. The molecular weight excluding hydrogens is 324 g/mol. The number of halogens is 1. The molecule has 110 valence electrons. The van der Waals surface area contributed by atoms with Gasteiger partial charge in [0.1, 0.15) is 0 Å². The first-order valence-electron chi connectivity index (χ1n) is 6.87. The molecule has 2 rings (SSSR count). The minimum Gasteiger partial charge on any atom is -0.377 e. The average Bonchev–Trinajstić information content (AvgIpc) is 2.92. The van der Waals surface area contributed by atoms with Gasteiger partial charge in [0.15, 0.2) is 0 Å². The summed E-state index contributed by atoms with van der Waals surface area (Å²) in [7, 11) is 0. The first kappa shape index (κ1) is 15.4. The van der Waals surface area contributed by atoms with Gasteiger partial charge < -0.3 is 4.74 Å². The van der Waals surface area contributed by atoms with Crippen molar-refractivity contribution in [3.8, 4) is 0 Å². The topological polar surface area (TPSA) is 55.6 Å². The SMILES string of the molecule is CCN(Cc1cccc([N+](=O)[O-])c1Br)CC1CCCO1. The summed E-state index contributed by atoms with van der Waals surface area (Å²) in [6.45, 7) is 5.42. The Morgan fingerprint density at radius 2 is 2.35 bits per heavy atom. The highest BCUT2D eigenvalue weighted by Crippen LogP contribution is 2.29. The smallest absolute Gasteiger partial charge is 0.283 e. The average molecular weight is 343 g/mol. The maximum Gasteiger partial charge on any atom is 0.283 e. The van der Waals surface area contributed by atoms with Gasteiger partial charge >= 0.3 is 0 Å². The van der Waals surface area contributed by atoms with E-state index in [-0.39, 0.29) is 10.6 Å². The van der Waals surface area contributed by atoms with Crippen LogP contribution in [0.15, 0.2) is 22.7 Å². The molecule has 0 spiro atoms. The molecule has 20 heavy (non-hydrogen) atoms. The number of benzene rings is 1. The molecular formula is C14H19BrN2O3. The minimum absolute atomic E-state index is 0.121. The third kappa shape index (κ3) is 3.77. The summed E-state index contributed by atoms with van der Waals surface area (Å²) >= 11 is 3.35. The van der Waals surface area contributed by atoms with Crippen LogP contribution in [-0.2, 0) is 11.3 Å². The van der Waals surface area contributed by atoms with Crippen molar-refractivity contribution >= 4 is 21.6 Å². The van der Waals surface area contributed by atoms with Crippen LogP contribution in [0, 0.1) is 10.1 Å². The first-order chi connectivity index (χ1) is 9.61. The Balaban J connectivity index is 2.06. The van der Waals surface area contributed by atoms with Crippen molar-refractivity contribution in [3.05, 3.63) is 38.3 Å². The third-order valence-electron chi connectivity index (χ3n) is 3.58. The predicted molar refractivity (Wildman–Crippen MR) is 80.7 cm³/mol. The number of hydrogen-bond donors (Lipinski definition) is 0. The van der Waals surface area contributed by atoms with Crippen molar-refractivity contribution in [1.29, 1.82) is 0 Å². The van der Waals surface area contributed by atoms with Crippen LogP contribution in [0.1, 0.15) is 25.3 Å². The normalized spacial score (nSPS) is 18.6. The molecule has 1 aromatic carbocycles. The first-order valence-corrected chi connectivity index (χ1v) is 7.66. The fourth-order valence-corrected chi connectivity index (χ4v) is 2.99. The van der Waals surface area contributed by atoms with E-state index in [9.17, 15) is 10.1 Å². The van der Waals surface area contributed by atoms with E-state index in [1.54, 1.807) is 6.07 Å². The zero-order chi connectivity index (χ0) is 14.5. The molecule has 6 heteroatoms. The van der Waals surface area contributed by atoms with Crippen LogP contribution in [0.3, 0.4) is 0 Å². The van der Waals surface area contributed by atoms with Gasteiger partial charge in [-0.05, 0) is 40.9 Å². The highest BCUT2D eigenvalue weighted by Gasteiger charge is 2.20. The Bertz CT molecular complexity index is 475. The van der Waals surface area contributed by atoms with Gasteiger partial charge in [-0.1, -0.05) is 19.1 Å². The minimum atomic E-state index is -0.357. The molecule has 0 saturated carbocycles. The summed E-state index contributed by atoms with van der Waals surface area (Å²) in [6.07, 6.45) is 2.53. The number of ether oxygens (including phenoxy) is 1. The van der Waals surface area contributed by atoms with Gasteiger partial charge in [-0.3, -0.25) is 15.0 Å². The molecule has 1 fully saturated rings. The maximum atomic E-state index is 10.9. The van der Waals surface area contributed by atoms with Crippen molar-refractivity contribution in [3.63, 3.8) is 0 Å². The number of nitrogens with zero attached hydrogens (tertiary/aromatic N) is 2. The molecule has 0 N–H and O–H groups in total. The van der Waals surface area contributed by atoms with E-state index in [2.05, 4.69) is 27.8 Å². The van der Waals surface area contributed by atoms with Gasteiger partial charge in [0.2, 0.25) is 0 Å². The van der Waals surface area contributed by atoms with Crippen LogP contribution < -0.4 is 0 Å². The van der Waals surface area contributed by atoms with Gasteiger partial charge in [0.05, 0.1) is 15.5 Å². The summed E-state index contributed by atoms with van der Waals surface area (Å²) in [4.78, 5) is 12.9. The second-order valence-corrected chi connectivity index (χ2v) is 5.76. The predicted octanol–water partition coefficient (Wildman–Crippen LogP) is 3.36. The second kappa shape index (κ2) is 7.15. The second-order valence-electron chi connectivity index (χ2n) is 4.97. The number of likely N-dealkylation sites (N-methyl/N-ethyl adjacent to an activating group) is 1. The van der Waals surface area contributed by atoms with Gasteiger partial charge in [0, 0.05) is 25.8 Å². The lowest BCUT2D eigenvalue weighted by atomic mass is 10.1. The van der Waals surface area contributed by atoms with Crippen LogP contribution in [0.25, 0.3) is 0 Å². The molecule has 0 bridgehead atoms. The molecule has 1 atom stereocenters. The summed E-state index contributed by atoms with van der Waals surface area (Å²) in [5.74, 6) is 0. The van der Waals surface area contributed by atoms with E-state index in [1.807, 2.05) is 6.07 Å². The maximum absolute atomic E-state index is 10.9. The summed E-state index contributed by atoms with van der Waals surface area (Å²) in [5, 5.41) is 10.9. The third-order valence-corrected chi connectivity index (χ3v) is 4.50. The molecule has 1 aliphatic heterocycles. The monoisotopic (exact) mass is 342 g/mol. The Kier molecular flexibility index (Phi) is 5.51. The lowest BCUT2D eigenvalue weighted by molar-refractivity contribution is -0.385. The van der Waals surface area contributed by atoms with Crippen LogP contribution in [0.2, 0.25) is 0 Å². The van der Waals surface area contributed by atoms with Crippen molar-refractivity contribution in [2.45, 2.75) is 32.4 Å². The van der Waals surface area contributed by atoms with Crippen molar-refractivity contribution < 1.29 is 9.66 Å². The molecule has 1 aliphatic rings. The van der Waals surface area contributed by atoms with E-state index >= 15 is 0 Å². The van der Waals surface area contributed by atoms with Crippen LogP contribution >= 0.6 is 15.9 Å². The number of nitro benzene ring substituents is 1. The van der Waals surface area contributed by atoms with Crippen LogP contribution in [0.5, 0.6) is 0 Å². The quantitative estimate of drug-likeness (QED) is 0.587. The van der Waals surface area contributed by atoms with E-state index in [0.29, 0.717) is 17.1 Å². The summed E-state index contributed by atoms with van der Waals surface area (Å²) in [5.41, 5.74) is 1.06. The zero-order valence-electron chi connectivity index (χ0n) is 11.5.